The van der Waals surface area contributed by atoms with Gasteiger partial charge in [0.15, 0.2) is 0 Å². The van der Waals surface area contributed by atoms with E-state index in [0.717, 1.165) is 17.0 Å². The Bertz CT molecular complexity index is 956. The maximum absolute atomic E-state index is 12.2. The van der Waals surface area contributed by atoms with Gasteiger partial charge in [-0.25, -0.2) is 9.97 Å². The number of aromatic nitrogens is 2. The summed E-state index contributed by atoms with van der Waals surface area (Å²) in [5.41, 5.74) is 2.55. The van der Waals surface area contributed by atoms with Gasteiger partial charge in [0.25, 0.3) is 11.6 Å². The first-order valence-electron chi connectivity index (χ1n) is 8.05. The van der Waals surface area contributed by atoms with E-state index >= 15 is 0 Å². The van der Waals surface area contributed by atoms with Crippen molar-refractivity contribution in [1.29, 1.82) is 0 Å². The first kappa shape index (κ1) is 18.0. The van der Waals surface area contributed by atoms with Crippen LogP contribution >= 0.6 is 0 Å². The van der Waals surface area contributed by atoms with Crippen LogP contribution in [-0.4, -0.2) is 27.9 Å². The van der Waals surface area contributed by atoms with Gasteiger partial charge in [-0.1, -0.05) is 0 Å². The predicted octanol–water partition coefficient (Wildman–Crippen LogP) is 2.99. The quantitative estimate of drug-likeness (QED) is 0.532. The fourth-order valence-corrected chi connectivity index (χ4v) is 2.42. The molecule has 0 aliphatic rings. The molecular formula is C19H16N4O4. The second kappa shape index (κ2) is 8.05. The van der Waals surface area contributed by atoms with Crippen molar-refractivity contribution in [3.63, 3.8) is 0 Å². The summed E-state index contributed by atoms with van der Waals surface area (Å²) in [5.74, 6) is 0.415. The number of hydrogen-bond donors (Lipinski definition) is 1. The van der Waals surface area contributed by atoms with Gasteiger partial charge in [-0.3, -0.25) is 14.9 Å². The highest BCUT2D eigenvalue weighted by Gasteiger charge is 2.10. The van der Waals surface area contributed by atoms with E-state index in [1.807, 2.05) is 24.3 Å². The lowest BCUT2D eigenvalue weighted by atomic mass is 10.1. The number of rotatable bonds is 6. The Hall–Kier alpha value is -3.81. The number of amides is 1. The zero-order valence-electron chi connectivity index (χ0n) is 14.5. The molecule has 8 nitrogen and oxygen atoms in total. The van der Waals surface area contributed by atoms with Gasteiger partial charge in [0.1, 0.15) is 12.1 Å². The van der Waals surface area contributed by atoms with Crippen LogP contribution in [0.15, 0.2) is 60.9 Å². The molecule has 2 aromatic carbocycles. The number of carbonyl (C=O) groups excluding carboxylic acids is 1. The van der Waals surface area contributed by atoms with Gasteiger partial charge in [0.05, 0.1) is 30.0 Å². The molecule has 3 rings (SSSR count). The van der Waals surface area contributed by atoms with Crippen molar-refractivity contribution in [2.75, 3.05) is 7.11 Å². The molecule has 0 saturated carbocycles. The number of carbonyl (C=O) groups is 1. The van der Waals surface area contributed by atoms with Crippen molar-refractivity contribution in [3.8, 4) is 17.0 Å². The average molecular weight is 364 g/mol. The van der Waals surface area contributed by atoms with Crippen LogP contribution in [0.3, 0.4) is 0 Å². The Kier molecular flexibility index (Phi) is 5.36. The van der Waals surface area contributed by atoms with E-state index in [9.17, 15) is 14.9 Å². The Labute approximate surface area is 155 Å². The zero-order chi connectivity index (χ0) is 19.2. The number of nitro benzene ring substituents is 1. The van der Waals surface area contributed by atoms with Crippen LogP contribution in [0, 0.1) is 10.1 Å². The lowest BCUT2D eigenvalue weighted by Gasteiger charge is -2.07. The molecule has 0 atom stereocenters. The van der Waals surface area contributed by atoms with Crippen LogP contribution in [0.2, 0.25) is 0 Å². The van der Waals surface area contributed by atoms with Gasteiger partial charge < -0.3 is 10.1 Å². The third-order valence-electron chi connectivity index (χ3n) is 3.88. The van der Waals surface area contributed by atoms with E-state index in [4.69, 9.17) is 4.74 Å². The topological polar surface area (TPSA) is 107 Å². The summed E-state index contributed by atoms with van der Waals surface area (Å²) in [7, 11) is 1.60. The van der Waals surface area contributed by atoms with E-state index in [2.05, 4.69) is 15.3 Å². The van der Waals surface area contributed by atoms with E-state index < -0.39 is 4.92 Å². The van der Waals surface area contributed by atoms with E-state index in [1.165, 1.54) is 30.6 Å². The van der Waals surface area contributed by atoms with Crippen LogP contribution in [0.4, 0.5) is 5.69 Å². The molecule has 0 aliphatic carbocycles. The maximum atomic E-state index is 12.2. The van der Waals surface area contributed by atoms with Crippen molar-refractivity contribution >= 4 is 11.6 Å². The molecule has 8 heteroatoms. The summed E-state index contributed by atoms with van der Waals surface area (Å²) in [6.45, 7) is 0.210. The number of nitrogens with zero attached hydrogens (tertiary/aromatic N) is 3. The third-order valence-corrected chi connectivity index (χ3v) is 3.88. The minimum absolute atomic E-state index is 0.0634. The monoisotopic (exact) mass is 364 g/mol. The number of nitro groups is 1. The molecule has 1 heterocycles. The summed E-state index contributed by atoms with van der Waals surface area (Å²) in [5, 5.41) is 13.4. The summed E-state index contributed by atoms with van der Waals surface area (Å²) in [6, 6.07) is 14.7. The number of hydrogen-bond acceptors (Lipinski definition) is 6. The molecule has 1 aromatic heterocycles. The smallest absolute Gasteiger partial charge is 0.269 e. The lowest BCUT2D eigenvalue weighted by molar-refractivity contribution is -0.384. The molecule has 0 spiro atoms. The molecule has 3 aromatic rings. The van der Waals surface area contributed by atoms with Crippen LogP contribution in [-0.2, 0) is 6.54 Å². The SMILES string of the molecule is COc1ccc(-c2cc(CNC(=O)c3ccc([N+](=O)[O-])cc3)ncn2)cc1. The second-order valence-corrected chi connectivity index (χ2v) is 5.61. The standard InChI is InChI=1S/C19H16N4O4/c1-27-17-8-4-13(5-9-17)18-10-15(21-12-22-18)11-20-19(24)14-2-6-16(7-3-14)23(25)26/h2-10,12H,11H2,1H3,(H,20,24). The Morgan fingerprint density at radius 2 is 1.81 bits per heavy atom. The number of non-ortho nitro benzene ring substituents is 1. The van der Waals surface area contributed by atoms with Crippen molar-refractivity contribution in [2.24, 2.45) is 0 Å². The fraction of sp³-hybridized carbons (Fsp3) is 0.105. The summed E-state index contributed by atoms with van der Waals surface area (Å²) >= 11 is 0. The number of benzene rings is 2. The van der Waals surface area contributed by atoms with Crippen molar-refractivity contribution in [1.82, 2.24) is 15.3 Å². The Morgan fingerprint density at radius 3 is 2.44 bits per heavy atom. The van der Waals surface area contributed by atoms with Gasteiger partial charge in [-0.05, 0) is 42.5 Å². The van der Waals surface area contributed by atoms with E-state index in [-0.39, 0.29) is 18.1 Å². The first-order chi connectivity index (χ1) is 13.1. The minimum atomic E-state index is -0.511. The number of methoxy groups -OCH3 is 1. The molecule has 1 N–H and O–H groups in total. The number of nitrogens with one attached hydrogen (secondary N) is 1. The maximum Gasteiger partial charge on any atom is 0.269 e. The van der Waals surface area contributed by atoms with Crippen molar-refractivity contribution in [2.45, 2.75) is 6.54 Å². The molecule has 0 aliphatic heterocycles. The van der Waals surface area contributed by atoms with Gasteiger partial charge >= 0.3 is 0 Å². The molecule has 1 amide bonds. The summed E-state index contributed by atoms with van der Waals surface area (Å²) in [4.78, 5) is 30.7. The Morgan fingerprint density at radius 1 is 1.11 bits per heavy atom. The van der Waals surface area contributed by atoms with Crippen molar-refractivity contribution in [3.05, 3.63) is 82.3 Å². The molecule has 0 unspecified atom stereocenters. The van der Waals surface area contributed by atoms with Crippen LogP contribution in [0.1, 0.15) is 16.1 Å². The summed E-state index contributed by atoms with van der Waals surface area (Å²) in [6.07, 6.45) is 1.44. The first-order valence-corrected chi connectivity index (χ1v) is 8.05. The van der Waals surface area contributed by atoms with E-state index in [0.29, 0.717) is 11.3 Å². The van der Waals surface area contributed by atoms with Crippen molar-refractivity contribution < 1.29 is 14.5 Å². The normalized spacial score (nSPS) is 10.3. The van der Waals surface area contributed by atoms with Gasteiger partial charge in [0.2, 0.25) is 0 Å². The molecule has 27 heavy (non-hydrogen) atoms. The molecule has 0 bridgehead atoms. The second-order valence-electron chi connectivity index (χ2n) is 5.61. The fourth-order valence-electron chi connectivity index (χ4n) is 2.42. The highest BCUT2D eigenvalue weighted by Crippen LogP contribution is 2.20. The molecular weight excluding hydrogens is 348 g/mol. The van der Waals surface area contributed by atoms with Crippen LogP contribution in [0.25, 0.3) is 11.3 Å². The Balaban J connectivity index is 1.67. The average Bonchev–Trinajstić information content (AvgIpc) is 2.72. The van der Waals surface area contributed by atoms with Crippen LogP contribution < -0.4 is 10.1 Å². The van der Waals surface area contributed by atoms with Crippen LogP contribution in [0.5, 0.6) is 5.75 Å². The predicted molar refractivity (Wildman–Crippen MR) is 98.3 cm³/mol. The highest BCUT2D eigenvalue weighted by atomic mass is 16.6. The molecule has 0 fully saturated rings. The highest BCUT2D eigenvalue weighted by molar-refractivity contribution is 5.94. The zero-order valence-corrected chi connectivity index (χ0v) is 14.5. The lowest BCUT2D eigenvalue weighted by Crippen LogP contribution is -2.23. The molecule has 0 radical (unpaired) electrons. The van der Waals surface area contributed by atoms with Gasteiger partial charge in [-0.15, -0.1) is 0 Å². The molecule has 0 saturated heterocycles. The van der Waals surface area contributed by atoms with Gasteiger partial charge in [-0.2, -0.15) is 0 Å². The summed E-state index contributed by atoms with van der Waals surface area (Å²) < 4.78 is 5.14. The van der Waals surface area contributed by atoms with Gasteiger partial charge in [0, 0.05) is 23.3 Å². The van der Waals surface area contributed by atoms with E-state index in [1.54, 1.807) is 13.2 Å². The molecule has 136 valence electrons. The number of ether oxygens (including phenoxy) is 1. The largest absolute Gasteiger partial charge is 0.497 e. The minimum Gasteiger partial charge on any atom is -0.497 e. The third kappa shape index (κ3) is 4.43.